The minimum Gasteiger partial charge on any atom is -0.388 e. The molecule has 1 fully saturated rings. The number of non-ortho nitro benzene ring substituents is 1. The fourth-order valence-corrected chi connectivity index (χ4v) is 2.23. The van der Waals surface area contributed by atoms with Crippen molar-refractivity contribution in [3.63, 3.8) is 0 Å². The van der Waals surface area contributed by atoms with E-state index in [0.717, 1.165) is 6.42 Å². The summed E-state index contributed by atoms with van der Waals surface area (Å²) >= 11 is 0. The van der Waals surface area contributed by atoms with Crippen LogP contribution in [0.3, 0.4) is 0 Å². The van der Waals surface area contributed by atoms with E-state index in [-0.39, 0.29) is 18.1 Å². The SMILES string of the molecule is CC(C(=O)NCC1(O)CCC1)c1cccc([N+](=O)[O-])c1. The van der Waals surface area contributed by atoms with Crippen LogP contribution >= 0.6 is 0 Å². The Bertz CT molecular complexity index is 526. The van der Waals surface area contributed by atoms with Gasteiger partial charge in [0.2, 0.25) is 5.91 Å². The summed E-state index contributed by atoms with van der Waals surface area (Å²) < 4.78 is 0. The Labute approximate surface area is 117 Å². The van der Waals surface area contributed by atoms with Gasteiger partial charge in [0.05, 0.1) is 16.4 Å². The summed E-state index contributed by atoms with van der Waals surface area (Å²) in [5.41, 5.74) is -0.199. The molecular weight excluding hydrogens is 260 g/mol. The van der Waals surface area contributed by atoms with Gasteiger partial charge in [0, 0.05) is 18.7 Å². The molecule has 0 aromatic heterocycles. The molecule has 1 unspecified atom stereocenters. The van der Waals surface area contributed by atoms with Crippen LogP contribution in [0.5, 0.6) is 0 Å². The van der Waals surface area contributed by atoms with Gasteiger partial charge in [-0.3, -0.25) is 14.9 Å². The van der Waals surface area contributed by atoms with E-state index in [2.05, 4.69) is 5.32 Å². The molecule has 1 aromatic rings. The van der Waals surface area contributed by atoms with Gasteiger partial charge in [-0.2, -0.15) is 0 Å². The van der Waals surface area contributed by atoms with Gasteiger partial charge < -0.3 is 10.4 Å². The first-order chi connectivity index (χ1) is 9.41. The highest BCUT2D eigenvalue weighted by atomic mass is 16.6. The Hall–Kier alpha value is -1.95. The smallest absolute Gasteiger partial charge is 0.269 e. The molecule has 1 atom stereocenters. The van der Waals surface area contributed by atoms with Crippen molar-refractivity contribution in [1.29, 1.82) is 0 Å². The van der Waals surface area contributed by atoms with E-state index in [4.69, 9.17) is 0 Å². The topological polar surface area (TPSA) is 92.5 Å². The molecule has 1 aliphatic carbocycles. The Kier molecular flexibility index (Phi) is 4.04. The molecule has 0 spiro atoms. The highest BCUT2D eigenvalue weighted by Crippen LogP contribution is 2.30. The van der Waals surface area contributed by atoms with Gasteiger partial charge >= 0.3 is 0 Å². The maximum Gasteiger partial charge on any atom is 0.269 e. The molecule has 20 heavy (non-hydrogen) atoms. The van der Waals surface area contributed by atoms with Gasteiger partial charge in [0.1, 0.15) is 0 Å². The standard InChI is InChI=1S/C14H18N2O4/c1-10(11-4-2-5-12(8-11)16(19)20)13(17)15-9-14(18)6-3-7-14/h2,4-5,8,10,18H,3,6-7,9H2,1H3,(H,15,17). The summed E-state index contributed by atoms with van der Waals surface area (Å²) in [4.78, 5) is 22.3. The average molecular weight is 278 g/mol. The number of nitrogens with zero attached hydrogens (tertiary/aromatic N) is 1. The number of hydrogen-bond donors (Lipinski definition) is 2. The third kappa shape index (κ3) is 3.14. The number of aliphatic hydroxyl groups is 1. The number of nitro benzene ring substituents is 1. The zero-order chi connectivity index (χ0) is 14.8. The lowest BCUT2D eigenvalue weighted by atomic mass is 9.80. The van der Waals surface area contributed by atoms with Crippen molar-refractivity contribution >= 4 is 11.6 Å². The first-order valence-electron chi connectivity index (χ1n) is 6.66. The fraction of sp³-hybridized carbons (Fsp3) is 0.500. The highest BCUT2D eigenvalue weighted by molar-refractivity contribution is 5.83. The summed E-state index contributed by atoms with van der Waals surface area (Å²) in [5.74, 6) is -0.718. The van der Waals surface area contributed by atoms with E-state index in [1.807, 2.05) is 0 Å². The predicted molar refractivity (Wildman–Crippen MR) is 73.3 cm³/mol. The third-order valence-corrected chi connectivity index (χ3v) is 3.85. The van der Waals surface area contributed by atoms with E-state index < -0.39 is 16.4 Å². The molecular formula is C14H18N2O4. The van der Waals surface area contributed by atoms with Crippen LogP contribution in [0.25, 0.3) is 0 Å². The minimum absolute atomic E-state index is 0.0280. The minimum atomic E-state index is -0.766. The number of benzene rings is 1. The molecule has 0 radical (unpaired) electrons. The monoisotopic (exact) mass is 278 g/mol. The van der Waals surface area contributed by atoms with Crippen molar-refractivity contribution < 1.29 is 14.8 Å². The zero-order valence-corrected chi connectivity index (χ0v) is 11.3. The van der Waals surface area contributed by atoms with Crippen LogP contribution in [0.15, 0.2) is 24.3 Å². The molecule has 0 bridgehead atoms. The van der Waals surface area contributed by atoms with Crippen molar-refractivity contribution in [2.75, 3.05) is 6.54 Å². The molecule has 1 saturated carbocycles. The van der Waals surface area contributed by atoms with Gasteiger partial charge in [-0.05, 0) is 31.7 Å². The van der Waals surface area contributed by atoms with Crippen LogP contribution in [0.2, 0.25) is 0 Å². The zero-order valence-electron chi connectivity index (χ0n) is 11.3. The quantitative estimate of drug-likeness (QED) is 0.633. The van der Waals surface area contributed by atoms with Crippen LogP contribution < -0.4 is 5.32 Å². The number of nitro groups is 1. The Morgan fingerprint density at radius 3 is 2.80 bits per heavy atom. The second kappa shape index (κ2) is 5.58. The molecule has 0 aliphatic heterocycles. The molecule has 0 saturated heterocycles. The summed E-state index contributed by atoms with van der Waals surface area (Å²) in [5, 5.41) is 23.4. The number of hydrogen-bond acceptors (Lipinski definition) is 4. The summed E-state index contributed by atoms with van der Waals surface area (Å²) in [6.45, 7) is 1.93. The number of nitrogens with one attached hydrogen (secondary N) is 1. The van der Waals surface area contributed by atoms with E-state index in [1.54, 1.807) is 19.1 Å². The first kappa shape index (κ1) is 14.5. The van der Waals surface area contributed by atoms with Gasteiger partial charge in [-0.25, -0.2) is 0 Å². The molecule has 1 aromatic carbocycles. The lowest BCUT2D eigenvalue weighted by Crippen LogP contribution is -2.48. The molecule has 2 rings (SSSR count). The lowest BCUT2D eigenvalue weighted by Gasteiger charge is -2.36. The Balaban J connectivity index is 1.99. The molecule has 1 aliphatic rings. The molecule has 108 valence electrons. The molecule has 1 amide bonds. The summed E-state index contributed by atoms with van der Waals surface area (Å²) in [7, 11) is 0. The fourth-order valence-electron chi connectivity index (χ4n) is 2.23. The predicted octanol–water partition coefficient (Wildman–Crippen LogP) is 1.73. The summed E-state index contributed by atoms with van der Waals surface area (Å²) in [6.07, 6.45) is 2.39. The molecule has 2 N–H and O–H groups in total. The van der Waals surface area contributed by atoms with Gasteiger partial charge in [-0.1, -0.05) is 12.1 Å². The van der Waals surface area contributed by atoms with Crippen LogP contribution in [0, 0.1) is 10.1 Å². The van der Waals surface area contributed by atoms with Gasteiger partial charge in [0.15, 0.2) is 0 Å². The maximum absolute atomic E-state index is 12.0. The van der Waals surface area contributed by atoms with Gasteiger partial charge in [0.25, 0.3) is 5.69 Å². The van der Waals surface area contributed by atoms with Crippen molar-refractivity contribution in [3.8, 4) is 0 Å². The van der Waals surface area contributed by atoms with E-state index in [0.29, 0.717) is 18.4 Å². The largest absolute Gasteiger partial charge is 0.388 e. The van der Waals surface area contributed by atoms with E-state index in [9.17, 15) is 20.0 Å². The summed E-state index contributed by atoms with van der Waals surface area (Å²) in [6, 6.07) is 6.06. The van der Waals surface area contributed by atoms with Crippen molar-refractivity contribution in [2.24, 2.45) is 0 Å². The van der Waals surface area contributed by atoms with Gasteiger partial charge in [-0.15, -0.1) is 0 Å². The maximum atomic E-state index is 12.0. The van der Waals surface area contributed by atoms with E-state index >= 15 is 0 Å². The molecule has 0 heterocycles. The number of carbonyl (C=O) groups is 1. The third-order valence-electron chi connectivity index (χ3n) is 3.85. The van der Waals surface area contributed by atoms with E-state index in [1.165, 1.54) is 12.1 Å². The molecule has 6 nitrogen and oxygen atoms in total. The van der Waals surface area contributed by atoms with Crippen molar-refractivity contribution in [3.05, 3.63) is 39.9 Å². The Morgan fingerprint density at radius 1 is 1.55 bits per heavy atom. The second-order valence-electron chi connectivity index (χ2n) is 5.37. The Morgan fingerprint density at radius 2 is 2.25 bits per heavy atom. The van der Waals surface area contributed by atoms with Crippen molar-refractivity contribution in [2.45, 2.75) is 37.7 Å². The normalized spacial score (nSPS) is 17.9. The molecule has 6 heteroatoms. The number of carbonyl (C=O) groups excluding carboxylic acids is 1. The average Bonchev–Trinajstić information content (AvgIpc) is 2.42. The number of rotatable bonds is 5. The van der Waals surface area contributed by atoms with Crippen LogP contribution in [-0.4, -0.2) is 28.1 Å². The van der Waals surface area contributed by atoms with Crippen LogP contribution in [0.1, 0.15) is 37.7 Å². The van der Waals surface area contributed by atoms with Crippen molar-refractivity contribution in [1.82, 2.24) is 5.32 Å². The van der Waals surface area contributed by atoms with Crippen LogP contribution in [-0.2, 0) is 4.79 Å². The number of amides is 1. The second-order valence-corrected chi connectivity index (χ2v) is 5.37. The lowest BCUT2D eigenvalue weighted by molar-refractivity contribution is -0.384. The first-order valence-corrected chi connectivity index (χ1v) is 6.66. The van der Waals surface area contributed by atoms with Crippen LogP contribution in [0.4, 0.5) is 5.69 Å². The highest BCUT2D eigenvalue weighted by Gasteiger charge is 2.34.